The number of aliphatic hydroxyl groups is 1. The third-order valence-corrected chi connectivity index (χ3v) is 6.81. The summed E-state index contributed by atoms with van der Waals surface area (Å²) in [7, 11) is 1.72. The zero-order chi connectivity index (χ0) is 21.1. The SMILES string of the molecule is COc1c(C)cccc1CN1CCC(c2c(C(=O)NCCO)sc3ncccc23)C1. The standard InChI is InChI=1S/C23H27N3O3S/c1-15-5-3-6-17(20(15)29-2)14-26-11-8-16(13-26)19-18-7-4-9-25-23(18)30-21(19)22(28)24-10-12-27/h3-7,9,16,27H,8,10-14H2,1-2H3,(H,24,28). The van der Waals surface area contributed by atoms with Gasteiger partial charge in [0.1, 0.15) is 10.6 Å². The van der Waals surface area contributed by atoms with Crippen LogP contribution in [0.1, 0.15) is 38.7 Å². The molecule has 1 aliphatic rings. The first-order valence-corrected chi connectivity index (χ1v) is 11.0. The van der Waals surface area contributed by atoms with Gasteiger partial charge in [0.25, 0.3) is 5.91 Å². The van der Waals surface area contributed by atoms with Gasteiger partial charge in [-0.05, 0) is 37.1 Å². The average Bonchev–Trinajstić information content (AvgIpc) is 3.36. The minimum atomic E-state index is -0.124. The summed E-state index contributed by atoms with van der Waals surface area (Å²) in [6, 6.07) is 10.2. The minimum absolute atomic E-state index is 0.0697. The highest BCUT2D eigenvalue weighted by Gasteiger charge is 2.31. The maximum Gasteiger partial charge on any atom is 0.261 e. The number of rotatable bonds is 7. The van der Waals surface area contributed by atoms with Gasteiger partial charge < -0.3 is 15.2 Å². The number of aryl methyl sites for hydroxylation is 1. The average molecular weight is 426 g/mol. The van der Waals surface area contributed by atoms with Crippen molar-refractivity contribution in [3.63, 3.8) is 0 Å². The summed E-state index contributed by atoms with van der Waals surface area (Å²) in [6.45, 7) is 4.93. The number of amides is 1. The Labute approximate surface area is 180 Å². The first-order chi connectivity index (χ1) is 14.6. The molecular weight excluding hydrogens is 398 g/mol. The summed E-state index contributed by atoms with van der Waals surface area (Å²) in [4.78, 5) is 21.3. The second-order valence-corrected chi connectivity index (χ2v) is 8.67. The van der Waals surface area contributed by atoms with Gasteiger partial charge >= 0.3 is 0 Å². The van der Waals surface area contributed by atoms with E-state index in [1.54, 1.807) is 13.3 Å². The number of nitrogens with one attached hydrogen (secondary N) is 1. The Balaban J connectivity index is 1.59. The van der Waals surface area contributed by atoms with Gasteiger partial charge in [-0.2, -0.15) is 0 Å². The van der Waals surface area contributed by atoms with Crippen LogP contribution in [-0.2, 0) is 6.54 Å². The lowest BCUT2D eigenvalue weighted by molar-refractivity contribution is 0.0947. The summed E-state index contributed by atoms with van der Waals surface area (Å²) >= 11 is 1.44. The van der Waals surface area contributed by atoms with Crippen molar-refractivity contribution in [3.05, 3.63) is 58.1 Å². The molecule has 30 heavy (non-hydrogen) atoms. The number of fused-ring (bicyclic) bond motifs is 1. The second-order valence-electron chi connectivity index (χ2n) is 7.67. The first-order valence-electron chi connectivity index (χ1n) is 10.2. The van der Waals surface area contributed by atoms with Gasteiger partial charge in [0.15, 0.2) is 0 Å². The van der Waals surface area contributed by atoms with Gasteiger partial charge in [-0.15, -0.1) is 11.3 Å². The number of ether oxygens (including phenoxy) is 1. The highest BCUT2D eigenvalue weighted by molar-refractivity contribution is 7.20. The van der Waals surface area contributed by atoms with E-state index in [4.69, 9.17) is 9.84 Å². The van der Waals surface area contributed by atoms with E-state index in [9.17, 15) is 4.79 Å². The van der Waals surface area contributed by atoms with Crippen LogP contribution in [0.15, 0.2) is 36.5 Å². The zero-order valence-corrected chi connectivity index (χ0v) is 18.2. The van der Waals surface area contributed by atoms with E-state index in [0.29, 0.717) is 0 Å². The molecule has 0 radical (unpaired) electrons. The van der Waals surface area contributed by atoms with Crippen LogP contribution in [-0.4, -0.2) is 54.2 Å². The number of aromatic nitrogens is 1. The Bertz CT molecular complexity index is 1050. The maximum atomic E-state index is 12.8. The van der Waals surface area contributed by atoms with Crippen LogP contribution in [0.4, 0.5) is 0 Å². The van der Waals surface area contributed by atoms with Crippen LogP contribution in [0.5, 0.6) is 5.75 Å². The maximum absolute atomic E-state index is 12.8. The van der Waals surface area contributed by atoms with Crippen LogP contribution in [0.25, 0.3) is 10.2 Å². The number of carbonyl (C=O) groups is 1. The highest BCUT2D eigenvalue weighted by atomic mass is 32.1. The third kappa shape index (κ3) is 4.05. The Hall–Kier alpha value is -2.48. The number of likely N-dealkylation sites (tertiary alicyclic amines) is 1. The summed E-state index contributed by atoms with van der Waals surface area (Å²) in [6.07, 6.45) is 2.76. The van der Waals surface area contributed by atoms with E-state index in [-0.39, 0.29) is 25.0 Å². The number of benzene rings is 1. The number of thiophene rings is 1. The van der Waals surface area contributed by atoms with Crippen molar-refractivity contribution in [1.82, 2.24) is 15.2 Å². The van der Waals surface area contributed by atoms with Crippen molar-refractivity contribution in [1.29, 1.82) is 0 Å². The molecule has 4 rings (SSSR count). The Morgan fingerprint density at radius 2 is 2.23 bits per heavy atom. The summed E-state index contributed by atoms with van der Waals surface area (Å²) in [5.41, 5.74) is 3.43. The van der Waals surface area contributed by atoms with Crippen LogP contribution in [0.3, 0.4) is 0 Å². The fourth-order valence-electron chi connectivity index (χ4n) is 4.36. The molecule has 2 N–H and O–H groups in total. The molecular formula is C23H27N3O3S. The normalized spacial score (nSPS) is 16.8. The zero-order valence-electron chi connectivity index (χ0n) is 17.4. The number of aliphatic hydroxyl groups excluding tert-OH is 1. The molecule has 0 spiro atoms. The quantitative estimate of drug-likeness (QED) is 0.607. The third-order valence-electron chi connectivity index (χ3n) is 5.68. The van der Waals surface area contributed by atoms with E-state index in [2.05, 4.69) is 46.4 Å². The topological polar surface area (TPSA) is 74.7 Å². The second kappa shape index (κ2) is 9.12. The molecule has 2 aromatic heterocycles. The predicted molar refractivity (Wildman–Crippen MR) is 119 cm³/mol. The largest absolute Gasteiger partial charge is 0.496 e. The molecule has 3 heterocycles. The molecule has 6 nitrogen and oxygen atoms in total. The number of hydrogen-bond donors (Lipinski definition) is 2. The first kappa shape index (κ1) is 20.8. The van der Waals surface area contributed by atoms with Crippen LogP contribution < -0.4 is 10.1 Å². The summed E-state index contributed by atoms with van der Waals surface area (Å²) < 4.78 is 5.62. The molecule has 1 aromatic carbocycles. The molecule has 1 saturated heterocycles. The molecule has 3 aromatic rings. The van der Waals surface area contributed by atoms with Gasteiger partial charge in [-0.25, -0.2) is 4.98 Å². The highest BCUT2D eigenvalue weighted by Crippen LogP contribution is 2.40. The molecule has 0 aliphatic carbocycles. The Morgan fingerprint density at radius 3 is 3.03 bits per heavy atom. The minimum Gasteiger partial charge on any atom is -0.496 e. The van der Waals surface area contributed by atoms with Crippen molar-refractivity contribution in [3.8, 4) is 5.75 Å². The fraction of sp³-hybridized carbons (Fsp3) is 0.391. The van der Waals surface area contributed by atoms with Gasteiger partial charge in [0, 0.05) is 42.7 Å². The number of para-hydroxylation sites is 1. The predicted octanol–water partition coefficient (Wildman–Crippen LogP) is 3.32. The lowest BCUT2D eigenvalue weighted by Crippen LogP contribution is -2.27. The van der Waals surface area contributed by atoms with Crippen molar-refractivity contribution >= 4 is 27.5 Å². The number of hydrogen-bond acceptors (Lipinski definition) is 6. The molecule has 1 amide bonds. The lowest BCUT2D eigenvalue weighted by atomic mass is 9.95. The van der Waals surface area contributed by atoms with Crippen LogP contribution >= 0.6 is 11.3 Å². The Morgan fingerprint density at radius 1 is 1.37 bits per heavy atom. The van der Waals surface area contributed by atoms with Gasteiger partial charge in [0.2, 0.25) is 0 Å². The van der Waals surface area contributed by atoms with Gasteiger partial charge in [-0.1, -0.05) is 24.3 Å². The number of pyridine rings is 1. The molecule has 0 saturated carbocycles. The summed E-state index contributed by atoms with van der Waals surface area (Å²) in [5.74, 6) is 1.10. The molecule has 158 valence electrons. The number of nitrogens with zero attached hydrogens (tertiary/aromatic N) is 2. The molecule has 1 atom stereocenters. The molecule has 0 bridgehead atoms. The van der Waals surface area contributed by atoms with E-state index < -0.39 is 0 Å². The number of carbonyl (C=O) groups excluding carboxylic acids is 1. The van der Waals surface area contributed by atoms with E-state index in [1.165, 1.54) is 16.9 Å². The van der Waals surface area contributed by atoms with E-state index >= 15 is 0 Å². The van der Waals surface area contributed by atoms with Crippen molar-refractivity contribution < 1.29 is 14.6 Å². The molecule has 1 aliphatic heterocycles. The molecule has 7 heteroatoms. The van der Waals surface area contributed by atoms with Crippen molar-refractivity contribution in [2.45, 2.75) is 25.8 Å². The molecule has 1 unspecified atom stereocenters. The fourth-order valence-corrected chi connectivity index (χ4v) is 5.50. The lowest BCUT2D eigenvalue weighted by Gasteiger charge is -2.19. The van der Waals surface area contributed by atoms with Crippen LogP contribution in [0.2, 0.25) is 0 Å². The van der Waals surface area contributed by atoms with E-state index in [1.807, 2.05) is 6.07 Å². The monoisotopic (exact) mass is 425 g/mol. The molecule has 1 fully saturated rings. The number of methoxy groups -OCH3 is 1. The van der Waals surface area contributed by atoms with Crippen LogP contribution in [0, 0.1) is 6.92 Å². The van der Waals surface area contributed by atoms with E-state index in [0.717, 1.165) is 58.0 Å². The smallest absolute Gasteiger partial charge is 0.261 e. The van der Waals surface area contributed by atoms with Crippen molar-refractivity contribution in [2.75, 3.05) is 33.4 Å². The summed E-state index contributed by atoms with van der Waals surface area (Å²) in [5, 5.41) is 13.0. The van der Waals surface area contributed by atoms with Crippen molar-refractivity contribution in [2.24, 2.45) is 0 Å². The Kier molecular flexibility index (Phi) is 6.32. The van der Waals surface area contributed by atoms with Gasteiger partial charge in [-0.3, -0.25) is 9.69 Å². The van der Waals surface area contributed by atoms with Gasteiger partial charge in [0.05, 0.1) is 18.6 Å².